The molecule has 0 aliphatic heterocycles. The molecular weight excluding hydrogens is 333 g/mol. The summed E-state index contributed by atoms with van der Waals surface area (Å²) < 4.78 is 35.0. The van der Waals surface area contributed by atoms with E-state index in [2.05, 4.69) is 8.62 Å². The maximum atomic E-state index is 10.1. The van der Waals surface area contributed by atoms with Crippen LogP contribution in [-0.2, 0) is 22.3 Å². The fourth-order valence-corrected chi connectivity index (χ4v) is 2.64. The van der Waals surface area contributed by atoms with Crippen molar-refractivity contribution in [1.29, 1.82) is 0 Å². The first-order chi connectivity index (χ1) is 5.41. The Kier molecular flexibility index (Phi) is 12.6. The van der Waals surface area contributed by atoms with E-state index < -0.39 is 23.5 Å². The van der Waals surface area contributed by atoms with Crippen molar-refractivity contribution in [1.82, 2.24) is 0 Å². The molecule has 0 saturated heterocycles. The minimum Gasteiger partial charge on any atom is -0.790 e. The van der Waals surface area contributed by atoms with Gasteiger partial charge in [0.1, 0.15) is 0 Å². The van der Waals surface area contributed by atoms with E-state index in [1.807, 2.05) is 0 Å². The first kappa shape index (κ1) is 23.1. The molecule has 0 heterocycles. The summed E-state index contributed by atoms with van der Waals surface area (Å²) in [7, 11) is -17.6. The molecule has 0 rings (SSSR count). The van der Waals surface area contributed by atoms with E-state index in [1.165, 1.54) is 0 Å². The fraction of sp³-hybridized carbons (Fsp3) is 0. The first-order valence-electron chi connectivity index (χ1n) is 2.21. The van der Waals surface area contributed by atoms with Crippen LogP contribution in [0.25, 0.3) is 0 Å². The summed E-state index contributed by atoms with van der Waals surface area (Å²) in [6.45, 7) is 0. The normalized spacial score (nSPS) is 19.0. The first-order valence-corrected chi connectivity index (χ1v) is 6.62. The van der Waals surface area contributed by atoms with Crippen LogP contribution in [0.5, 0.6) is 0 Å². The van der Waals surface area contributed by atoms with Crippen LogP contribution in [0.4, 0.5) is 0 Å². The van der Waals surface area contributed by atoms with Gasteiger partial charge in [-0.05, 0) is 0 Å². The molecular formula is HCa2O10P3. The Morgan fingerprint density at radius 3 is 1.40 bits per heavy atom. The molecule has 0 saturated carbocycles. The number of phosphoric acid groups is 3. The molecule has 15 heteroatoms. The Morgan fingerprint density at radius 2 is 1.20 bits per heavy atom. The summed E-state index contributed by atoms with van der Waals surface area (Å²) in [5.74, 6) is 0. The standard InChI is InChI=1S/2Ca.H5O10P3/c;;1-11(2,3)9-13(7,8)10-12(4,5)6/h;;(H,7,8)(H2,1,2,3)(H2,4,5,6)/q2*+2;/p-4. The van der Waals surface area contributed by atoms with Gasteiger partial charge in [0, 0.05) is 0 Å². The number of hydrogen-bond acceptors (Lipinski definition) is 9. The van der Waals surface area contributed by atoms with Gasteiger partial charge in [-0.2, -0.15) is 0 Å². The van der Waals surface area contributed by atoms with E-state index in [4.69, 9.17) is 4.89 Å². The number of hydrogen-bond donors (Lipinski definition) is 1. The van der Waals surface area contributed by atoms with Crippen LogP contribution in [-0.4, -0.2) is 80.4 Å². The molecule has 2 atom stereocenters. The molecule has 0 aliphatic rings. The second-order valence-electron chi connectivity index (χ2n) is 1.53. The van der Waals surface area contributed by atoms with E-state index in [9.17, 15) is 33.3 Å². The SMILES string of the molecule is O=P([O-])([O-])OP(=O)([O-])OP(=O)([O-])O.[Ca+2].[Ca+2]. The maximum Gasteiger partial charge on any atom is 2.00 e. The van der Waals surface area contributed by atoms with Gasteiger partial charge in [0.05, 0.1) is 7.82 Å². The molecule has 2 unspecified atom stereocenters. The maximum absolute atomic E-state index is 10.1. The van der Waals surface area contributed by atoms with Gasteiger partial charge in [0.2, 0.25) is 0 Å². The molecule has 0 radical (unpaired) electrons. The minimum atomic E-state index is -5.95. The van der Waals surface area contributed by atoms with E-state index in [0.717, 1.165) is 0 Å². The van der Waals surface area contributed by atoms with Crippen LogP contribution in [0.2, 0.25) is 0 Å². The predicted octanol–water partition coefficient (Wildman–Crippen LogP) is -3.98. The van der Waals surface area contributed by atoms with Crippen LogP contribution >= 0.6 is 23.5 Å². The molecule has 1 N–H and O–H groups in total. The number of rotatable bonds is 4. The van der Waals surface area contributed by atoms with Gasteiger partial charge < -0.3 is 29.0 Å². The van der Waals surface area contributed by atoms with E-state index in [0.29, 0.717) is 0 Å². The summed E-state index contributed by atoms with van der Waals surface area (Å²) in [4.78, 5) is 47.0. The van der Waals surface area contributed by atoms with Gasteiger partial charge in [-0.3, -0.25) is 13.4 Å². The Morgan fingerprint density at radius 1 is 0.867 bits per heavy atom. The van der Waals surface area contributed by atoms with Crippen LogP contribution in [0.3, 0.4) is 0 Å². The van der Waals surface area contributed by atoms with Crippen LogP contribution in [0.15, 0.2) is 0 Å². The molecule has 0 amide bonds. The molecule has 0 aromatic heterocycles. The largest absolute Gasteiger partial charge is 2.00 e. The Bertz CT molecular complexity index is 281. The second-order valence-corrected chi connectivity index (χ2v) is 5.56. The smallest absolute Gasteiger partial charge is 0.790 e. The van der Waals surface area contributed by atoms with Gasteiger partial charge in [-0.25, -0.2) is 4.31 Å². The zero-order valence-corrected chi connectivity index (χ0v) is 14.0. The van der Waals surface area contributed by atoms with E-state index in [1.54, 1.807) is 0 Å². The summed E-state index contributed by atoms with van der Waals surface area (Å²) in [5, 5.41) is 0. The Hall–Kier alpha value is 2.93. The fourth-order valence-electron chi connectivity index (χ4n) is 0.264. The Labute approximate surface area is 143 Å². The third-order valence-electron chi connectivity index (χ3n) is 0.403. The van der Waals surface area contributed by atoms with Crippen molar-refractivity contribution in [3.63, 3.8) is 0 Å². The summed E-state index contributed by atoms with van der Waals surface area (Å²) in [6, 6.07) is 0. The van der Waals surface area contributed by atoms with Gasteiger partial charge in [-0.1, -0.05) is 0 Å². The monoisotopic (exact) mass is 334 g/mol. The van der Waals surface area contributed by atoms with Crippen LogP contribution in [0.1, 0.15) is 0 Å². The average Bonchev–Trinajstić information content (AvgIpc) is 1.43. The minimum absolute atomic E-state index is 0. The quantitative estimate of drug-likeness (QED) is 0.393. The summed E-state index contributed by atoms with van der Waals surface area (Å²) in [5.41, 5.74) is 0. The third-order valence-corrected chi connectivity index (χ3v) is 3.63. The molecule has 0 aromatic carbocycles. The third kappa shape index (κ3) is 16.9. The molecule has 0 spiro atoms. The van der Waals surface area contributed by atoms with Gasteiger partial charge in [0.15, 0.2) is 0 Å². The summed E-state index contributed by atoms with van der Waals surface area (Å²) in [6.07, 6.45) is 0. The molecule has 0 fully saturated rings. The van der Waals surface area contributed by atoms with Gasteiger partial charge >= 0.3 is 75.5 Å². The molecule has 0 aliphatic carbocycles. The molecule has 80 valence electrons. The predicted molar refractivity (Wildman–Crippen MR) is 38.7 cm³/mol. The molecule has 0 aromatic rings. The Balaban J connectivity index is -0.000000720. The van der Waals surface area contributed by atoms with Crippen LogP contribution in [0, 0.1) is 0 Å². The van der Waals surface area contributed by atoms with Crippen molar-refractivity contribution in [3.8, 4) is 0 Å². The van der Waals surface area contributed by atoms with Crippen molar-refractivity contribution in [3.05, 3.63) is 0 Å². The van der Waals surface area contributed by atoms with Crippen molar-refractivity contribution in [2.45, 2.75) is 0 Å². The summed E-state index contributed by atoms with van der Waals surface area (Å²) >= 11 is 0. The zero-order chi connectivity index (χ0) is 10.9. The van der Waals surface area contributed by atoms with Crippen molar-refractivity contribution in [2.24, 2.45) is 0 Å². The second kappa shape index (κ2) is 8.17. The average molecular weight is 334 g/mol. The van der Waals surface area contributed by atoms with Gasteiger partial charge in [-0.15, -0.1) is 0 Å². The zero-order valence-electron chi connectivity index (χ0n) is 6.88. The van der Waals surface area contributed by atoms with E-state index in [-0.39, 0.29) is 75.5 Å². The molecule has 15 heavy (non-hydrogen) atoms. The molecule has 0 bridgehead atoms. The van der Waals surface area contributed by atoms with Gasteiger partial charge in [0.25, 0.3) is 15.6 Å². The van der Waals surface area contributed by atoms with Crippen molar-refractivity contribution < 1.29 is 46.8 Å². The van der Waals surface area contributed by atoms with Crippen LogP contribution < -0.4 is 19.6 Å². The van der Waals surface area contributed by atoms with E-state index >= 15 is 0 Å². The topological polar surface area (TPSA) is 182 Å². The molecule has 10 nitrogen and oxygen atoms in total. The van der Waals surface area contributed by atoms with Crippen molar-refractivity contribution in [2.75, 3.05) is 0 Å². The van der Waals surface area contributed by atoms with Crippen molar-refractivity contribution >= 4 is 98.9 Å².